The van der Waals surface area contributed by atoms with Gasteiger partial charge in [0.25, 0.3) is 5.91 Å². The zero-order chi connectivity index (χ0) is 16.2. The van der Waals surface area contributed by atoms with Gasteiger partial charge in [0.2, 0.25) is 0 Å². The molecule has 0 spiro atoms. The molecule has 1 amide bonds. The second-order valence-electron chi connectivity index (χ2n) is 5.15. The highest BCUT2D eigenvalue weighted by atomic mass is 32.2. The zero-order valence-corrected chi connectivity index (χ0v) is 14.2. The lowest BCUT2D eigenvalue weighted by Gasteiger charge is -2.13. The lowest BCUT2D eigenvalue weighted by atomic mass is 10.1. The number of para-hydroxylation sites is 1. The first-order valence-corrected chi connectivity index (χ1v) is 8.44. The molecule has 3 rings (SSSR count). The fraction of sp³-hybridized carbons (Fsp3) is 0.0526. The third kappa shape index (κ3) is 3.60. The molecular formula is C19H15NOS2. The van der Waals surface area contributed by atoms with Gasteiger partial charge in [-0.3, -0.25) is 9.69 Å². The van der Waals surface area contributed by atoms with Crippen LogP contribution >= 0.6 is 24.0 Å². The van der Waals surface area contributed by atoms with Crippen LogP contribution in [0.25, 0.3) is 6.08 Å². The van der Waals surface area contributed by atoms with Gasteiger partial charge < -0.3 is 0 Å². The number of hydrogen-bond donors (Lipinski definition) is 0. The van der Waals surface area contributed by atoms with Crippen molar-refractivity contribution < 1.29 is 4.79 Å². The second kappa shape index (κ2) is 6.94. The standard InChI is InChI=1S/C19H15NOS2/c1-14(12-15-8-4-2-5-9-15)13-17-18(21)20(19(22)23-17)16-10-6-3-7-11-16/h2-13H,1H3. The minimum Gasteiger partial charge on any atom is -0.268 e. The maximum atomic E-state index is 12.6. The van der Waals surface area contributed by atoms with Crippen LogP contribution in [0.5, 0.6) is 0 Å². The summed E-state index contributed by atoms with van der Waals surface area (Å²) in [4.78, 5) is 14.9. The van der Waals surface area contributed by atoms with Crippen LogP contribution in [0.2, 0.25) is 0 Å². The SMILES string of the molecule is CC(=Cc1ccccc1)C=C1SC(=S)N(c2ccccc2)C1=O. The van der Waals surface area contributed by atoms with Crippen molar-refractivity contribution >= 4 is 46.0 Å². The van der Waals surface area contributed by atoms with Crippen LogP contribution in [0.15, 0.2) is 77.2 Å². The van der Waals surface area contributed by atoms with Gasteiger partial charge in [0.15, 0.2) is 4.32 Å². The Morgan fingerprint density at radius 2 is 1.65 bits per heavy atom. The number of amides is 1. The molecule has 1 saturated heterocycles. The third-order valence-corrected chi connectivity index (χ3v) is 4.66. The first-order valence-electron chi connectivity index (χ1n) is 7.21. The number of benzene rings is 2. The molecule has 1 aliphatic rings. The normalized spacial score (nSPS) is 17.2. The topological polar surface area (TPSA) is 20.3 Å². The predicted molar refractivity (Wildman–Crippen MR) is 102 cm³/mol. The molecule has 0 aromatic heterocycles. The Balaban J connectivity index is 1.86. The molecule has 1 fully saturated rings. The summed E-state index contributed by atoms with van der Waals surface area (Å²) in [5.41, 5.74) is 2.94. The monoisotopic (exact) mass is 337 g/mol. The van der Waals surface area contributed by atoms with E-state index in [1.807, 2.05) is 73.7 Å². The fourth-order valence-electron chi connectivity index (χ4n) is 2.33. The lowest BCUT2D eigenvalue weighted by molar-refractivity contribution is -0.113. The molecular weight excluding hydrogens is 322 g/mol. The van der Waals surface area contributed by atoms with Gasteiger partial charge in [-0.25, -0.2) is 0 Å². The highest BCUT2D eigenvalue weighted by molar-refractivity contribution is 8.27. The second-order valence-corrected chi connectivity index (χ2v) is 6.83. The van der Waals surface area contributed by atoms with E-state index in [-0.39, 0.29) is 5.91 Å². The molecule has 1 aliphatic heterocycles. The van der Waals surface area contributed by atoms with Crippen molar-refractivity contribution in [3.8, 4) is 0 Å². The first-order chi connectivity index (χ1) is 11.1. The molecule has 2 aromatic carbocycles. The Hall–Kier alpha value is -2.17. The number of carbonyl (C=O) groups excluding carboxylic acids is 1. The molecule has 1 heterocycles. The predicted octanol–water partition coefficient (Wildman–Crippen LogP) is 5.04. The van der Waals surface area contributed by atoms with Gasteiger partial charge in [-0.2, -0.15) is 0 Å². The van der Waals surface area contributed by atoms with E-state index in [1.165, 1.54) is 11.8 Å². The van der Waals surface area contributed by atoms with Gasteiger partial charge in [0.05, 0.1) is 10.6 Å². The molecule has 0 aliphatic carbocycles. The first kappa shape index (κ1) is 15.7. The summed E-state index contributed by atoms with van der Waals surface area (Å²) in [6, 6.07) is 19.5. The Labute approximate surface area is 145 Å². The van der Waals surface area contributed by atoms with Crippen LogP contribution in [0.1, 0.15) is 12.5 Å². The molecule has 0 bridgehead atoms. The summed E-state index contributed by atoms with van der Waals surface area (Å²) in [7, 11) is 0. The van der Waals surface area contributed by atoms with Crippen LogP contribution in [-0.4, -0.2) is 10.2 Å². The molecule has 4 heteroatoms. The summed E-state index contributed by atoms with van der Waals surface area (Å²) in [6.07, 6.45) is 3.95. The van der Waals surface area contributed by atoms with Gasteiger partial charge in [-0.15, -0.1) is 0 Å². The molecule has 23 heavy (non-hydrogen) atoms. The molecule has 2 aromatic rings. The van der Waals surface area contributed by atoms with Crippen LogP contribution in [0, 0.1) is 0 Å². The van der Waals surface area contributed by atoms with Crippen molar-refractivity contribution in [3.05, 3.63) is 82.8 Å². The van der Waals surface area contributed by atoms with Crippen molar-refractivity contribution in [2.75, 3.05) is 4.90 Å². The van der Waals surface area contributed by atoms with Gasteiger partial charge in [-0.1, -0.05) is 78.6 Å². The minimum absolute atomic E-state index is 0.0630. The smallest absolute Gasteiger partial charge is 0.268 e. The van der Waals surface area contributed by atoms with Crippen molar-refractivity contribution in [1.29, 1.82) is 0 Å². The zero-order valence-electron chi connectivity index (χ0n) is 12.6. The van der Waals surface area contributed by atoms with E-state index in [0.29, 0.717) is 9.23 Å². The summed E-state index contributed by atoms with van der Waals surface area (Å²) in [6.45, 7) is 1.99. The Kier molecular flexibility index (Phi) is 4.74. The molecule has 0 atom stereocenters. The molecule has 0 unspecified atom stereocenters. The van der Waals surface area contributed by atoms with Crippen LogP contribution in [0.4, 0.5) is 5.69 Å². The maximum Gasteiger partial charge on any atom is 0.270 e. The van der Waals surface area contributed by atoms with E-state index >= 15 is 0 Å². The van der Waals surface area contributed by atoms with Crippen molar-refractivity contribution in [2.24, 2.45) is 0 Å². The van der Waals surface area contributed by atoms with E-state index in [0.717, 1.165) is 16.8 Å². The van der Waals surface area contributed by atoms with Crippen LogP contribution in [0.3, 0.4) is 0 Å². The van der Waals surface area contributed by atoms with Gasteiger partial charge >= 0.3 is 0 Å². The molecule has 0 saturated carbocycles. The number of thiocarbonyl (C=S) groups is 1. The fourth-order valence-corrected chi connectivity index (χ4v) is 3.68. The summed E-state index contributed by atoms with van der Waals surface area (Å²) in [5.74, 6) is -0.0630. The van der Waals surface area contributed by atoms with Crippen LogP contribution in [-0.2, 0) is 4.79 Å². The highest BCUT2D eigenvalue weighted by Crippen LogP contribution is 2.35. The average molecular weight is 337 g/mol. The Bertz CT molecular complexity index is 795. The van der Waals surface area contributed by atoms with Gasteiger partial charge in [-0.05, 0) is 36.3 Å². The maximum absolute atomic E-state index is 12.6. The Morgan fingerprint density at radius 3 is 2.30 bits per heavy atom. The largest absolute Gasteiger partial charge is 0.270 e. The molecule has 114 valence electrons. The minimum atomic E-state index is -0.0630. The number of allylic oxidation sites excluding steroid dienone is 2. The van der Waals surface area contributed by atoms with Crippen molar-refractivity contribution in [3.63, 3.8) is 0 Å². The van der Waals surface area contributed by atoms with E-state index in [1.54, 1.807) is 4.90 Å². The number of rotatable bonds is 3. The summed E-state index contributed by atoms with van der Waals surface area (Å²) < 4.78 is 0.569. The molecule has 2 nitrogen and oxygen atoms in total. The van der Waals surface area contributed by atoms with Gasteiger partial charge in [0.1, 0.15) is 0 Å². The number of carbonyl (C=O) groups is 1. The molecule has 0 N–H and O–H groups in total. The summed E-state index contributed by atoms with van der Waals surface area (Å²) >= 11 is 6.71. The van der Waals surface area contributed by atoms with E-state index in [2.05, 4.69) is 6.08 Å². The third-order valence-electron chi connectivity index (χ3n) is 3.36. The van der Waals surface area contributed by atoms with E-state index in [4.69, 9.17) is 12.2 Å². The summed E-state index contributed by atoms with van der Waals surface area (Å²) in [5, 5.41) is 0. The lowest BCUT2D eigenvalue weighted by Crippen LogP contribution is -2.27. The number of anilines is 1. The number of hydrogen-bond acceptors (Lipinski definition) is 3. The van der Waals surface area contributed by atoms with Crippen molar-refractivity contribution in [2.45, 2.75) is 6.92 Å². The number of thioether (sulfide) groups is 1. The Morgan fingerprint density at radius 1 is 1.04 bits per heavy atom. The van der Waals surface area contributed by atoms with E-state index < -0.39 is 0 Å². The number of nitrogens with zero attached hydrogens (tertiary/aromatic N) is 1. The average Bonchev–Trinajstić information content (AvgIpc) is 2.83. The van der Waals surface area contributed by atoms with Crippen molar-refractivity contribution in [1.82, 2.24) is 0 Å². The quantitative estimate of drug-likeness (QED) is 0.578. The highest BCUT2D eigenvalue weighted by Gasteiger charge is 2.32. The van der Waals surface area contributed by atoms with Crippen LogP contribution < -0.4 is 4.90 Å². The van der Waals surface area contributed by atoms with E-state index in [9.17, 15) is 4.79 Å². The van der Waals surface area contributed by atoms with Gasteiger partial charge in [0, 0.05) is 0 Å². The molecule has 0 radical (unpaired) electrons.